The number of Topliss-reactive ketones (excluding diaryl/α,β-unsaturated/α-hetero) is 1. The van der Waals surface area contributed by atoms with Gasteiger partial charge < -0.3 is 9.47 Å². The van der Waals surface area contributed by atoms with Gasteiger partial charge in [-0.1, -0.05) is 37.4 Å². The lowest BCUT2D eigenvalue weighted by Gasteiger charge is -2.36. The minimum Gasteiger partial charge on any atom is -0.345 e. The standard InChI is InChI=1S/C19H24ClFO3/c1-11-3-6-13(7-4-11)14-9-23-19(24-10-14)18(22)15-8-5-12(2)17(21)16(15)20/h5,8,11,13-14,19H,3-4,6-7,9-10H2,1-2H3. The molecule has 0 unspecified atom stereocenters. The first-order chi connectivity index (χ1) is 11.5. The van der Waals surface area contributed by atoms with Crippen molar-refractivity contribution in [1.82, 2.24) is 0 Å². The van der Waals surface area contributed by atoms with Crippen LogP contribution in [-0.2, 0) is 9.47 Å². The van der Waals surface area contributed by atoms with Crippen molar-refractivity contribution in [3.8, 4) is 0 Å². The molecular weight excluding hydrogens is 331 g/mol. The maximum Gasteiger partial charge on any atom is 0.222 e. The highest BCUT2D eigenvalue weighted by molar-refractivity contribution is 6.34. The number of hydrogen-bond donors (Lipinski definition) is 0. The van der Waals surface area contributed by atoms with Gasteiger partial charge in [0, 0.05) is 11.5 Å². The smallest absolute Gasteiger partial charge is 0.222 e. The molecule has 1 saturated carbocycles. The summed E-state index contributed by atoms with van der Waals surface area (Å²) in [7, 11) is 0. The molecule has 3 nitrogen and oxygen atoms in total. The molecule has 1 aromatic carbocycles. The fraction of sp³-hybridized carbons (Fsp3) is 0.632. The van der Waals surface area contributed by atoms with Crippen molar-refractivity contribution in [3.05, 3.63) is 34.1 Å². The Hall–Kier alpha value is -0.970. The van der Waals surface area contributed by atoms with Crippen LogP contribution in [0.1, 0.15) is 48.5 Å². The average Bonchev–Trinajstić information content (AvgIpc) is 2.60. The SMILES string of the molecule is Cc1ccc(C(=O)C2OCC(C3CCC(C)CC3)CO2)c(Cl)c1F. The topological polar surface area (TPSA) is 35.5 Å². The molecular formula is C19H24ClFO3. The van der Waals surface area contributed by atoms with Gasteiger partial charge in [-0.05, 0) is 43.2 Å². The summed E-state index contributed by atoms with van der Waals surface area (Å²) in [5, 5.41) is -0.157. The number of hydrogen-bond acceptors (Lipinski definition) is 3. The molecule has 132 valence electrons. The largest absolute Gasteiger partial charge is 0.345 e. The summed E-state index contributed by atoms with van der Waals surface area (Å²) >= 11 is 5.97. The first-order valence-electron chi connectivity index (χ1n) is 8.69. The molecule has 1 heterocycles. The summed E-state index contributed by atoms with van der Waals surface area (Å²) in [6.45, 7) is 4.94. The van der Waals surface area contributed by atoms with Gasteiger partial charge in [-0.3, -0.25) is 4.79 Å². The van der Waals surface area contributed by atoms with Crippen LogP contribution in [0.25, 0.3) is 0 Å². The Balaban J connectivity index is 1.60. The molecule has 2 fully saturated rings. The Bertz CT molecular complexity index is 603. The lowest BCUT2D eigenvalue weighted by Crippen LogP contribution is -2.41. The Morgan fingerprint density at radius 1 is 1.12 bits per heavy atom. The van der Waals surface area contributed by atoms with Gasteiger partial charge in [0.05, 0.1) is 18.2 Å². The van der Waals surface area contributed by atoms with E-state index in [1.165, 1.54) is 31.7 Å². The third-order valence-corrected chi connectivity index (χ3v) is 5.77. The highest BCUT2D eigenvalue weighted by Gasteiger charge is 2.34. The predicted molar refractivity (Wildman–Crippen MR) is 90.8 cm³/mol. The average molecular weight is 355 g/mol. The van der Waals surface area contributed by atoms with Crippen LogP contribution in [-0.4, -0.2) is 25.3 Å². The van der Waals surface area contributed by atoms with E-state index in [4.69, 9.17) is 21.1 Å². The Labute approximate surface area is 147 Å². The Morgan fingerprint density at radius 2 is 1.75 bits per heavy atom. The molecule has 0 bridgehead atoms. The van der Waals surface area contributed by atoms with Gasteiger partial charge in [0.1, 0.15) is 5.82 Å². The number of carbonyl (C=O) groups excluding carboxylic acids is 1. The first-order valence-corrected chi connectivity index (χ1v) is 9.07. The van der Waals surface area contributed by atoms with Crippen molar-refractivity contribution >= 4 is 17.4 Å². The fourth-order valence-corrected chi connectivity index (χ4v) is 3.97. The van der Waals surface area contributed by atoms with Gasteiger partial charge in [0.25, 0.3) is 0 Å². The van der Waals surface area contributed by atoms with E-state index in [-0.39, 0.29) is 10.6 Å². The summed E-state index contributed by atoms with van der Waals surface area (Å²) < 4.78 is 25.2. The summed E-state index contributed by atoms with van der Waals surface area (Å²) in [5.41, 5.74) is 0.531. The Morgan fingerprint density at radius 3 is 2.38 bits per heavy atom. The van der Waals surface area contributed by atoms with Crippen molar-refractivity contribution in [2.75, 3.05) is 13.2 Å². The summed E-state index contributed by atoms with van der Waals surface area (Å²) in [6, 6.07) is 3.08. The van der Waals surface area contributed by atoms with Gasteiger partial charge in [-0.15, -0.1) is 0 Å². The minimum atomic E-state index is -0.983. The molecule has 0 atom stereocenters. The zero-order valence-electron chi connectivity index (χ0n) is 14.2. The third-order valence-electron chi connectivity index (χ3n) is 5.41. The van der Waals surface area contributed by atoms with Crippen molar-refractivity contribution in [3.63, 3.8) is 0 Å². The molecule has 5 heteroatoms. The number of aryl methyl sites for hydroxylation is 1. The second kappa shape index (κ2) is 7.51. The van der Waals surface area contributed by atoms with Crippen LogP contribution >= 0.6 is 11.6 Å². The van der Waals surface area contributed by atoms with E-state index in [0.29, 0.717) is 30.6 Å². The quantitative estimate of drug-likeness (QED) is 0.732. The maximum atomic E-state index is 13.9. The summed E-state index contributed by atoms with van der Waals surface area (Å²) in [5.74, 6) is 0.783. The van der Waals surface area contributed by atoms with Crippen molar-refractivity contribution < 1.29 is 18.7 Å². The van der Waals surface area contributed by atoms with E-state index < -0.39 is 17.9 Å². The Kier molecular flexibility index (Phi) is 5.58. The van der Waals surface area contributed by atoms with Crippen LogP contribution in [0.5, 0.6) is 0 Å². The minimum absolute atomic E-state index is 0.120. The first kappa shape index (κ1) is 17.8. The van der Waals surface area contributed by atoms with Gasteiger partial charge in [0.2, 0.25) is 12.1 Å². The van der Waals surface area contributed by atoms with Crippen LogP contribution < -0.4 is 0 Å². The molecule has 0 aromatic heterocycles. The molecule has 0 N–H and O–H groups in total. The van der Waals surface area contributed by atoms with E-state index in [2.05, 4.69) is 6.92 Å². The molecule has 0 spiro atoms. The molecule has 1 saturated heterocycles. The summed E-state index contributed by atoms with van der Waals surface area (Å²) in [6.07, 6.45) is 3.92. The van der Waals surface area contributed by atoms with Crippen LogP contribution in [0.15, 0.2) is 12.1 Å². The van der Waals surface area contributed by atoms with Crippen molar-refractivity contribution in [2.24, 2.45) is 17.8 Å². The number of halogens is 2. The van der Waals surface area contributed by atoms with Crippen LogP contribution in [0, 0.1) is 30.5 Å². The molecule has 1 aliphatic heterocycles. The zero-order valence-corrected chi connectivity index (χ0v) is 14.9. The van der Waals surface area contributed by atoms with E-state index in [1.807, 2.05) is 0 Å². The molecule has 3 rings (SSSR count). The predicted octanol–water partition coefficient (Wildman–Crippen LogP) is 4.79. The number of benzene rings is 1. The van der Waals surface area contributed by atoms with Crippen molar-refractivity contribution in [2.45, 2.75) is 45.8 Å². The van der Waals surface area contributed by atoms with Crippen LogP contribution in [0.3, 0.4) is 0 Å². The number of carbonyl (C=O) groups is 1. The van der Waals surface area contributed by atoms with Crippen LogP contribution in [0.2, 0.25) is 5.02 Å². The van der Waals surface area contributed by atoms with E-state index >= 15 is 0 Å². The molecule has 24 heavy (non-hydrogen) atoms. The second-order valence-electron chi connectivity index (χ2n) is 7.20. The monoisotopic (exact) mass is 354 g/mol. The maximum absolute atomic E-state index is 13.9. The molecule has 1 aromatic rings. The second-order valence-corrected chi connectivity index (χ2v) is 7.58. The van der Waals surface area contributed by atoms with Gasteiger partial charge in [-0.25, -0.2) is 4.39 Å². The highest BCUT2D eigenvalue weighted by Crippen LogP contribution is 2.35. The molecule has 2 aliphatic rings. The van der Waals surface area contributed by atoms with E-state index in [9.17, 15) is 9.18 Å². The van der Waals surface area contributed by atoms with Crippen molar-refractivity contribution in [1.29, 1.82) is 0 Å². The molecule has 0 amide bonds. The van der Waals surface area contributed by atoms with E-state index in [1.54, 1.807) is 13.0 Å². The number of ketones is 1. The lowest BCUT2D eigenvalue weighted by molar-refractivity contribution is -0.184. The van der Waals surface area contributed by atoms with Gasteiger partial charge >= 0.3 is 0 Å². The molecule has 0 radical (unpaired) electrons. The van der Waals surface area contributed by atoms with Gasteiger partial charge in [-0.2, -0.15) is 0 Å². The highest BCUT2D eigenvalue weighted by atomic mass is 35.5. The third kappa shape index (κ3) is 3.66. The number of ether oxygens (including phenoxy) is 2. The zero-order chi connectivity index (χ0) is 17.3. The molecule has 1 aliphatic carbocycles. The van der Waals surface area contributed by atoms with Crippen LogP contribution in [0.4, 0.5) is 4.39 Å². The number of rotatable bonds is 3. The van der Waals surface area contributed by atoms with Gasteiger partial charge in [0.15, 0.2) is 0 Å². The fourth-order valence-electron chi connectivity index (χ4n) is 3.66. The normalized spacial score (nSPS) is 31.0. The summed E-state index contributed by atoms with van der Waals surface area (Å²) in [4.78, 5) is 12.5. The van der Waals surface area contributed by atoms with E-state index in [0.717, 1.165) is 5.92 Å². The lowest BCUT2D eigenvalue weighted by atomic mass is 9.76.